The number of amides is 1. The van der Waals surface area contributed by atoms with E-state index in [9.17, 15) is 22.4 Å². The van der Waals surface area contributed by atoms with Crippen LogP contribution in [0.3, 0.4) is 0 Å². The van der Waals surface area contributed by atoms with Crippen molar-refractivity contribution in [1.29, 1.82) is 0 Å². The third-order valence-corrected chi connectivity index (χ3v) is 4.46. The first-order valence-corrected chi connectivity index (χ1v) is 8.19. The molecule has 1 saturated heterocycles. The van der Waals surface area contributed by atoms with Crippen molar-refractivity contribution in [3.8, 4) is 5.69 Å². The molecule has 1 aromatic carbocycles. The number of aromatic nitrogens is 2. The Hall–Kier alpha value is -2.42. The van der Waals surface area contributed by atoms with Crippen LogP contribution in [0.2, 0.25) is 0 Å². The maximum atomic E-state index is 13.7. The summed E-state index contributed by atoms with van der Waals surface area (Å²) in [5.41, 5.74) is -1.62. The van der Waals surface area contributed by atoms with Gasteiger partial charge in [-0.1, -0.05) is 0 Å². The van der Waals surface area contributed by atoms with Crippen LogP contribution in [0.4, 0.5) is 17.6 Å². The first-order valence-electron chi connectivity index (χ1n) is 8.19. The second-order valence-corrected chi connectivity index (χ2v) is 6.17. The molecule has 1 N–H and O–H groups in total. The summed E-state index contributed by atoms with van der Waals surface area (Å²) in [5, 5.41) is 6.80. The number of nitrogens with zero attached hydrogens (tertiary/aromatic N) is 3. The molecule has 1 fully saturated rings. The van der Waals surface area contributed by atoms with Crippen molar-refractivity contribution in [3.05, 3.63) is 47.5 Å². The monoisotopic (exact) mass is 370 g/mol. The van der Waals surface area contributed by atoms with Crippen LogP contribution in [0.25, 0.3) is 5.69 Å². The largest absolute Gasteiger partial charge is 0.434 e. The summed E-state index contributed by atoms with van der Waals surface area (Å²) in [6.45, 7) is 0.740. The van der Waals surface area contributed by atoms with Crippen LogP contribution in [-0.2, 0) is 6.18 Å². The van der Waals surface area contributed by atoms with Gasteiger partial charge in [0.15, 0.2) is 5.69 Å². The molecule has 0 spiro atoms. The predicted molar refractivity (Wildman–Crippen MR) is 86.5 cm³/mol. The molecule has 140 valence electrons. The third-order valence-electron chi connectivity index (χ3n) is 4.46. The Labute approximate surface area is 147 Å². The lowest BCUT2D eigenvalue weighted by Crippen LogP contribution is -2.47. The summed E-state index contributed by atoms with van der Waals surface area (Å²) in [4.78, 5) is 14.1. The van der Waals surface area contributed by atoms with Crippen LogP contribution in [-0.4, -0.2) is 46.8 Å². The number of benzene rings is 1. The molecule has 2 heterocycles. The van der Waals surface area contributed by atoms with E-state index in [0.29, 0.717) is 24.2 Å². The third kappa shape index (κ3) is 3.57. The highest BCUT2D eigenvalue weighted by molar-refractivity contribution is 5.95. The lowest BCUT2D eigenvalue weighted by Gasteiger charge is -2.32. The van der Waals surface area contributed by atoms with Crippen LogP contribution < -0.4 is 5.32 Å². The van der Waals surface area contributed by atoms with Crippen LogP contribution in [0.1, 0.15) is 28.9 Å². The maximum Gasteiger partial charge on any atom is 0.434 e. The number of carbonyl (C=O) groups excluding carboxylic acids is 1. The van der Waals surface area contributed by atoms with E-state index in [-0.39, 0.29) is 11.7 Å². The lowest BCUT2D eigenvalue weighted by molar-refractivity contribution is -0.143. The lowest BCUT2D eigenvalue weighted by atomic mass is 10.0. The number of hydrogen-bond donors (Lipinski definition) is 1. The molecule has 0 bridgehead atoms. The number of halogens is 4. The summed E-state index contributed by atoms with van der Waals surface area (Å²) >= 11 is 0. The van der Waals surface area contributed by atoms with Gasteiger partial charge in [0.05, 0.1) is 17.4 Å². The first kappa shape index (κ1) is 18.4. The molecule has 1 atom stereocenters. The van der Waals surface area contributed by atoms with Crippen molar-refractivity contribution in [1.82, 2.24) is 20.0 Å². The molecule has 1 amide bonds. The molecular formula is C17H18F4N4O. The minimum absolute atomic E-state index is 0.0320. The molecule has 0 saturated carbocycles. The van der Waals surface area contributed by atoms with E-state index in [0.717, 1.165) is 24.8 Å². The Bertz CT molecular complexity index is 785. The van der Waals surface area contributed by atoms with E-state index in [4.69, 9.17) is 0 Å². The number of rotatable bonds is 3. The van der Waals surface area contributed by atoms with E-state index >= 15 is 0 Å². The van der Waals surface area contributed by atoms with Crippen molar-refractivity contribution >= 4 is 5.91 Å². The fourth-order valence-corrected chi connectivity index (χ4v) is 3.12. The van der Waals surface area contributed by atoms with Gasteiger partial charge >= 0.3 is 6.18 Å². The molecule has 1 aliphatic heterocycles. The van der Waals surface area contributed by atoms with Gasteiger partial charge in [-0.2, -0.15) is 18.3 Å². The highest BCUT2D eigenvalue weighted by Gasteiger charge is 2.41. The van der Waals surface area contributed by atoms with Crippen LogP contribution >= 0.6 is 0 Å². The van der Waals surface area contributed by atoms with Crippen LogP contribution in [0, 0.1) is 5.82 Å². The smallest absolute Gasteiger partial charge is 0.337 e. The molecular weight excluding hydrogens is 352 g/mol. The van der Waals surface area contributed by atoms with Gasteiger partial charge in [0, 0.05) is 19.1 Å². The van der Waals surface area contributed by atoms with Gasteiger partial charge in [-0.05, 0) is 44.2 Å². The number of likely N-dealkylation sites (N-methyl/N-ethyl adjacent to an activating group) is 1. The summed E-state index contributed by atoms with van der Waals surface area (Å²) < 4.78 is 54.7. The number of nitrogens with one attached hydrogen (secondary N) is 1. The van der Waals surface area contributed by atoms with Gasteiger partial charge in [-0.15, -0.1) is 0 Å². The molecule has 2 aromatic rings. The Morgan fingerprint density at radius 1 is 1.27 bits per heavy atom. The molecule has 0 aliphatic carbocycles. The molecule has 1 unspecified atom stereocenters. The first-order chi connectivity index (χ1) is 12.3. The zero-order chi connectivity index (χ0) is 18.9. The summed E-state index contributed by atoms with van der Waals surface area (Å²) in [7, 11) is 1.76. The van der Waals surface area contributed by atoms with E-state index in [1.807, 2.05) is 0 Å². The Morgan fingerprint density at radius 2 is 1.96 bits per heavy atom. The molecule has 3 rings (SSSR count). The number of likely N-dealkylation sites (tertiary alicyclic amines) is 1. The highest BCUT2D eigenvalue weighted by Crippen LogP contribution is 2.34. The fraction of sp³-hybridized carbons (Fsp3) is 0.412. The van der Waals surface area contributed by atoms with Crippen molar-refractivity contribution in [2.24, 2.45) is 0 Å². The summed E-state index contributed by atoms with van der Waals surface area (Å²) in [6.07, 6.45) is -2.28. The Morgan fingerprint density at radius 3 is 2.58 bits per heavy atom. The molecule has 5 nitrogen and oxygen atoms in total. The van der Waals surface area contributed by atoms with Crippen LogP contribution in [0.5, 0.6) is 0 Å². The summed E-state index contributed by atoms with van der Waals surface area (Å²) in [5.74, 6) is -1.28. The second-order valence-electron chi connectivity index (χ2n) is 6.17. The Kier molecular flexibility index (Phi) is 4.99. The zero-order valence-electron chi connectivity index (χ0n) is 14.1. The number of hydrogen-bond acceptors (Lipinski definition) is 3. The fourth-order valence-electron chi connectivity index (χ4n) is 3.12. The topological polar surface area (TPSA) is 50.2 Å². The molecule has 9 heteroatoms. The molecule has 1 aliphatic rings. The van der Waals surface area contributed by atoms with E-state index in [1.54, 1.807) is 7.05 Å². The van der Waals surface area contributed by atoms with Gasteiger partial charge in [0.25, 0.3) is 5.91 Å². The summed E-state index contributed by atoms with van der Waals surface area (Å²) in [6, 6.07) is 4.50. The average Bonchev–Trinajstić information content (AvgIpc) is 3.07. The minimum atomic E-state index is -4.78. The standard InChI is InChI=1S/C17H18F4N4O/c1-22-12-3-2-8-24(10-12)16(26)14-9-23-25(15(14)17(19,20)21)13-6-4-11(18)5-7-13/h4-7,9,12,22H,2-3,8,10H2,1H3. The van der Waals surface area contributed by atoms with Gasteiger partial charge in [0.2, 0.25) is 0 Å². The molecule has 26 heavy (non-hydrogen) atoms. The second kappa shape index (κ2) is 7.06. The van der Waals surface area contributed by atoms with Gasteiger partial charge in [-0.3, -0.25) is 4.79 Å². The maximum absolute atomic E-state index is 13.7. The van der Waals surface area contributed by atoms with E-state index in [2.05, 4.69) is 10.4 Å². The van der Waals surface area contributed by atoms with Crippen molar-refractivity contribution in [3.63, 3.8) is 0 Å². The van der Waals surface area contributed by atoms with Gasteiger partial charge < -0.3 is 10.2 Å². The van der Waals surface area contributed by atoms with Crippen molar-refractivity contribution < 1.29 is 22.4 Å². The highest BCUT2D eigenvalue weighted by atomic mass is 19.4. The zero-order valence-corrected chi connectivity index (χ0v) is 14.1. The number of piperidine rings is 1. The minimum Gasteiger partial charge on any atom is -0.337 e. The Balaban J connectivity index is 1.99. The number of carbonyl (C=O) groups is 1. The number of alkyl halides is 3. The van der Waals surface area contributed by atoms with E-state index < -0.39 is 29.2 Å². The predicted octanol–water partition coefficient (Wildman–Crippen LogP) is 2.85. The van der Waals surface area contributed by atoms with Crippen molar-refractivity contribution in [2.45, 2.75) is 25.1 Å². The SMILES string of the molecule is CNC1CCCN(C(=O)c2cnn(-c3ccc(F)cc3)c2C(F)(F)F)C1. The normalized spacial score (nSPS) is 18.2. The van der Waals surface area contributed by atoms with Gasteiger partial charge in [0.1, 0.15) is 5.82 Å². The van der Waals surface area contributed by atoms with Crippen LogP contribution in [0.15, 0.2) is 30.5 Å². The molecule has 1 aromatic heterocycles. The van der Waals surface area contributed by atoms with Crippen molar-refractivity contribution in [2.75, 3.05) is 20.1 Å². The quantitative estimate of drug-likeness (QED) is 0.846. The van der Waals surface area contributed by atoms with Gasteiger partial charge in [-0.25, -0.2) is 9.07 Å². The average molecular weight is 370 g/mol. The van der Waals surface area contributed by atoms with E-state index in [1.165, 1.54) is 17.0 Å². The molecule has 0 radical (unpaired) electrons.